The van der Waals surface area contributed by atoms with Crippen molar-refractivity contribution in [3.05, 3.63) is 16.1 Å². The van der Waals surface area contributed by atoms with Crippen molar-refractivity contribution >= 4 is 11.3 Å². The highest BCUT2D eigenvalue weighted by atomic mass is 32.1. The van der Waals surface area contributed by atoms with Gasteiger partial charge in [0.25, 0.3) is 6.43 Å². The van der Waals surface area contributed by atoms with E-state index >= 15 is 0 Å². The first kappa shape index (κ1) is 14.5. The number of hydrogen-bond donors (Lipinski definition) is 1. The highest BCUT2D eigenvalue weighted by Crippen LogP contribution is 2.13. The summed E-state index contributed by atoms with van der Waals surface area (Å²) in [5, 5.41) is 4.23. The lowest BCUT2D eigenvalue weighted by molar-refractivity contribution is 0.0187. The van der Waals surface area contributed by atoms with Crippen molar-refractivity contribution in [1.29, 1.82) is 0 Å². The van der Waals surface area contributed by atoms with Gasteiger partial charge in [0.05, 0.1) is 11.6 Å². The fourth-order valence-corrected chi connectivity index (χ4v) is 2.04. The van der Waals surface area contributed by atoms with Crippen LogP contribution in [0.2, 0.25) is 0 Å². The van der Waals surface area contributed by atoms with Crippen LogP contribution >= 0.6 is 11.3 Å². The van der Waals surface area contributed by atoms with E-state index < -0.39 is 13.0 Å². The molecule has 0 spiro atoms. The highest BCUT2D eigenvalue weighted by molar-refractivity contribution is 7.11. The molecule has 0 unspecified atom stereocenters. The molecule has 0 saturated heterocycles. The van der Waals surface area contributed by atoms with Gasteiger partial charge in [-0.15, -0.1) is 11.3 Å². The summed E-state index contributed by atoms with van der Waals surface area (Å²) < 4.78 is 28.4. The monoisotopic (exact) mass is 264 g/mol. The fourth-order valence-electron chi connectivity index (χ4n) is 1.18. The lowest BCUT2D eigenvalue weighted by atomic mass is 10.4. The van der Waals surface area contributed by atoms with Gasteiger partial charge in [0, 0.05) is 30.1 Å². The standard InChI is InChI=1S/C11H18F2N2OS/c1-8(2)14-5-9-6-15-11(17-9)3-4-16-7-10(12)13/h6,8,10,14H,3-5,7H2,1-2H3. The van der Waals surface area contributed by atoms with E-state index in [4.69, 9.17) is 4.74 Å². The molecule has 17 heavy (non-hydrogen) atoms. The van der Waals surface area contributed by atoms with Crippen molar-refractivity contribution in [3.63, 3.8) is 0 Å². The molecule has 6 heteroatoms. The number of halogens is 2. The Kier molecular flexibility index (Phi) is 6.54. The molecule has 1 aromatic heterocycles. The van der Waals surface area contributed by atoms with Crippen LogP contribution in [0.1, 0.15) is 23.7 Å². The summed E-state index contributed by atoms with van der Waals surface area (Å²) in [7, 11) is 0. The van der Waals surface area contributed by atoms with Crippen LogP contribution in [0, 0.1) is 0 Å². The maximum absolute atomic E-state index is 11.8. The van der Waals surface area contributed by atoms with Gasteiger partial charge in [-0.2, -0.15) is 0 Å². The molecular weight excluding hydrogens is 246 g/mol. The maximum atomic E-state index is 11.8. The number of hydrogen-bond acceptors (Lipinski definition) is 4. The molecule has 0 aliphatic carbocycles. The number of aromatic nitrogens is 1. The SMILES string of the molecule is CC(C)NCc1cnc(CCOCC(F)F)s1. The second kappa shape index (κ2) is 7.68. The molecule has 98 valence electrons. The smallest absolute Gasteiger partial charge is 0.261 e. The Morgan fingerprint density at radius 2 is 2.24 bits per heavy atom. The zero-order chi connectivity index (χ0) is 12.7. The minimum atomic E-state index is -2.39. The molecule has 1 aromatic rings. The Hall–Kier alpha value is -0.590. The Labute approximate surface area is 104 Å². The quantitative estimate of drug-likeness (QED) is 0.732. The van der Waals surface area contributed by atoms with E-state index in [1.807, 2.05) is 6.20 Å². The first-order valence-corrected chi connectivity index (χ1v) is 6.42. The van der Waals surface area contributed by atoms with E-state index in [-0.39, 0.29) is 0 Å². The third-order valence-corrected chi connectivity index (χ3v) is 3.05. The van der Waals surface area contributed by atoms with Crippen LogP contribution in [0.3, 0.4) is 0 Å². The van der Waals surface area contributed by atoms with Gasteiger partial charge in [-0.3, -0.25) is 0 Å². The number of nitrogens with one attached hydrogen (secondary N) is 1. The van der Waals surface area contributed by atoms with Crippen LogP contribution in [0.25, 0.3) is 0 Å². The first-order chi connectivity index (χ1) is 8.08. The van der Waals surface area contributed by atoms with E-state index in [1.54, 1.807) is 11.3 Å². The van der Waals surface area contributed by atoms with Crippen LogP contribution in [0.5, 0.6) is 0 Å². The van der Waals surface area contributed by atoms with Gasteiger partial charge in [0.2, 0.25) is 0 Å². The summed E-state index contributed by atoms with van der Waals surface area (Å²) in [6, 6.07) is 0.440. The van der Waals surface area contributed by atoms with Crippen molar-refractivity contribution in [2.75, 3.05) is 13.2 Å². The van der Waals surface area contributed by atoms with Gasteiger partial charge in [-0.25, -0.2) is 13.8 Å². The largest absolute Gasteiger partial charge is 0.375 e. The topological polar surface area (TPSA) is 34.2 Å². The van der Waals surface area contributed by atoms with Crippen molar-refractivity contribution in [1.82, 2.24) is 10.3 Å². The Balaban J connectivity index is 2.21. The van der Waals surface area contributed by atoms with Crippen molar-refractivity contribution in [3.8, 4) is 0 Å². The molecule has 0 saturated carbocycles. The molecule has 0 aliphatic rings. The number of thiazole rings is 1. The van der Waals surface area contributed by atoms with Gasteiger partial charge in [-0.05, 0) is 0 Å². The molecule has 0 radical (unpaired) electrons. The first-order valence-electron chi connectivity index (χ1n) is 5.60. The second-order valence-corrected chi connectivity index (χ2v) is 5.17. The molecule has 0 aliphatic heterocycles. The zero-order valence-corrected chi connectivity index (χ0v) is 10.9. The Morgan fingerprint density at radius 1 is 1.47 bits per heavy atom. The van der Waals surface area contributed by atoms with Gasteiger partial charge in [0.1, 0.15) is 6.61 Å². The van der Waals surface area contributed by atoms with Crippen LogP contribution in [0.15, 0.2) is 6.20 Å². The molecule has 0 aromatic carbocycles. The molecule has 0 atom stereocenters. The van der Waals surface area contributed by atoms with Gasteiger partial charge < -0.3 is 10.1 Å². The third-order valence-electron chi connectivity index (χ3n) is 1.99. The molecule has 3 nitrogen and oxygen atoms in total. The van der Waals surface area contributed by atoms with E-state index in [1.165, 1.54) is 0 Å². The van der Waals surface area contributed by atoms with Crippen LogP contribution in [-0.4, -0.2) is 30.7 Å². The lowest BCUT2D eigenvalue weighted by Crippen LogP contribution is -2.21. The predicted molar refractivity (Wildman–Crippen MR) is 64.6 cm³/mol. The zero-order valence-electron chi connectivity index (χ0n) is 10.1. The number of ether oxygens (including phenoxy) is 1. The van der Waals surface area contributed by atoms with E-state index in [0.29, 0.717) is 19.1 Å². The van der Waals surface area contributed by atoms with Crippen molar-refractivity contribution in [2.24, 2.45) is 0 Å². The van der Waals surface area contributed by atoms with E-state index in [0.717, 1.165) is 16.4 Å². The van der Waals surface area contributed by atoms with Gasteiger partial charge in [0.15, 0.2) is 0 Å². The normalized spacial score (nSPS) is 11.6. The summed E-state index contributed by atoms with van der Waals surface area (Å²) in [4.78, 5) is 5.38. The van der Waals surface area contributed by atoms with E-state index in [9.17, 15) is 8.78 Å². The second-order valence-electron chi connectivity index (χ2n) is 3.97. The molecule has 0 amide bonds. The summed E-state index contributed by atoms with van der Waals surface area (Å²) in [5.41, 5.74) is 0. The van der Waals surface area contributed by atoms with Crippen molar-refractivity contribution in [2.45, 2.75) is 39.3 Å². The number of alkyl halides is 2. The average Bonchev–Trinajstić information content (AvgIpc) is 2.69. The summed E-state index contributed by atoms with van der Waals surface area (Å²) in [5.74, 6) is 0. The molecule has 0 fully saturated rings. The molecular formula is C11H18F2N2OS. The average molecular weight is 264 g/mol. The van der Waals surface area contributed by atoms with Gasteiger partial charge >= 0.3 is 0 Å². The van der Waals surface area contributed by atoms with Gasteiger partial charge in [-0.1, -0.05) is 13.8 Å². The van der Waals surface area contributed by atoms with Crippen LogP contribution < -0.4 is 5.32 Å². The maximum Gasteiger partial charge on any atom is 0.261 e. The highest BCUT2D eigenvalue weighted by Gasteiger charge is 2.05. The lowest BCUT2D eigenvalue weighted by Gasteiger charge is -2.04. The summed E-state index contributed by atoms with van der Waals surface area (Å²) >= 11 is 1.59. The van der Waals surface area contributed by atoms with Crippen molar-refractivity contribution < 1.29 is 13.5 Å². The third kappa shape index (κ3) is 6.65. The number of rotatable bonds is 8. The Morgan fingerprint density at radius 3 is 2.88 bits per heavy atom. The summed E-state index contributed by atoms with van der Waals surface area (Å²) in [6.07, 6.45) is 0.0266. The van der Waals surface area contributed by atoms with Crippen LogP contribution in [0.4, 0.5) is 8.78 Å². The number of nitrogens with zero attached hydrogens (tertiary/aromatic N) is 1. The minimum Gasteiger partial charge on any atom is -0.375 e. The molecule has 1 rings (SSSR count). The fraction of sp³-hybridized carbons (Fsp3) is 0.727. The minimum absolute atomic E-state index is 0.300. The molecule has 1 heterocycles. The molecule has 1 N–H and O–H groups in total. The molecule has 0 bridgehead atoms. The Bertz CT molecular complexity index is 318. The predicted octanol–water partition coefficient (Wildman–Crippen LogP) is 2.47. The van der Waals surface area contributed by atoms with Crippen LogP contribution in [-0.2, 0) is 17.7 Å². The summed E-state index contributed by atoms with van der Waals surface area (Å²) in [6.45, 7) is 4.77. The van der Waals surface area contributed by atoms with E-state index in [2.05, 4.69) is 24.1 Å².